The molecule has 2 rings (SSSR count). The molecule has 0 saturated carbocycles. The first-order chi connectivity index (χ1) is 15.8. The summed E-state index contributed by atoms with van der Waals surface area (Å²) >= 11 is 1.61. The van der Waals surface area contributed by atoms with Crippen LogP contribution in [-0.2, 0) is 14.3 Å². The number of aryl methyl sites for hydroxylation is 1. The number of ketones is 1. The predicted octanol–water partition coefficient (Wildman–Crippen LogP) is 7.82. The van der Waals surface area contributed by atoms with Crippen LogP contribution in [0.1, 0.15) is 98.2 Å². The maximum Gasteiger partial charge on any atom is 0.306 e. The van der Waals surface area contributed by atoms with Gasteiger partial charge in [0.25, 0.3) is 0 Å². The van der Waals surface area contributed by atoms with E-state index in [-0.39, 0.29) is 36.1 Å². The van der Waals surface area contributed by atoms with Gasteiger partial charge in [-0.2, -0.15) is 0 Å². The summed E-state index contributed by atoms with van der Waals surface area (Å²) in [6, 6.07) is 0. The van der Waals surface area contributed by atoms with Gasteiger partial charge < -0.3 is 4.74 Å². The molecule has 0 aromatic carbocycles. The van der Waals surface area contributed by atoms with Gasteiger partial charge in [0.1, 0.15) is 11.9 Å². The van der Waals surface area contributed by atoms with Crippen LogP contribution in [0.3, 0.4) is 0 Å². The van der Waals surface area contributed by atoms with E-state index in [4.69, 9.17) is 4.74 Å². The molecule has 0 bridgehead atoms. The fourth-order valence-corrected chi connectivity index (χ4v) is 5.32. The van der Waals surface area contributed by atoms with Crippen LogP contribution in [0.25, 0.3) is 6.08 Å². The minimum atomic E-state index is -0.585. The molecular weight excluding hydrogens is 442 g/mol. The van der Waals surface area contributed by atoms with Crippen molar-refractivity contribution >= 4 is 29.2 Å². The standard InChI is InChI=1S/C29H45NO3S/c1-18-11-10-12-19(2)22(5)23(6)28(32)29(8,9)21(4)16-27(31)33-26(14-13-18)20(3)15-25-17-34-24(7)30-25/h13,15,17,19,21-23,26H,10-12,14,16H2,1-9H3/b18-13-,20-15+/t19-,21-,22-,23+,26-/m0/s1. The van der Waals surface area contributed by atoms with Gasteiger partial charge >= 0.3 is 5.97 Å². The molecule has 1 aliphatic heterocycles. The lowest BCUT2D eigenvalue weighted by molar-refractivity contribution is -0.150. The zero-order chi connectivity index (χ0) is 25.6. The molecule has 0 spiro atoms. The average Bonchev–Trinajstić information content (AvgIpc) is 3.18. The summed E-state index contributed by atoms with van der Waals surface area (Å²) in [5.74, 6) is 0.667. The average molecular weight is 488 g/mol. The molecule has 5 atom stereocenters. The monoisotopic (exact) mass is 487 g/mol. The highest BCUT2D eigenvalue weighted by atomic mass is 32.1. The molecule has 0 aliphatic carbocycles. The number of Topliss-reactive ketones (excluding diaryl/α,β-unsaturated/α-hetero) is 1. The number of hydrogen-bond acceptors (Lipinski definition) is 5. The lowest BCUT2D eigenvalue weighted by atomic mass is 9.67. The number of rotatable bonds is 2. The number of aromatic nitrogens is 1. The molecule has 34 heavy (non-hydrogen) atoms. The Balaban J connectivity index is 2.33. The first-order valence-electron chi connectivity index (χ1n) is 12.8. The van der Waals surface area contributed by atoms with Gasteiger partial charge in [0.2, 0.25) is 0 Å². The highest BCUT2D eigenvalue weighted by Gasteiger charge is 2.40. The second-order valence-corrected chi connectivity index (χ2v) is 12.2. The normalized spacial score (nSPS) is 32.1. The van der Waals surface area contributed by atoms with Gasteiger partial charge in [-0.15, -0.1) is 11.3 Å². The molecule has 0 amide bonds. The summed E-state index contributed by atoms with van der Waals surface area (Å²) in [5.41, 5.74) is 2.63. The Hall–Kier alpha value is -1.75. The first-order valence-corrected chi connectivity index (χ1v) is 13.7. The van der Waals surface area contributed by atoms with Crippen LogP contribution in [0.4, 0.5) is 0 Å². The highest BCUT2D eigenvalue weighted by Crippen LogP contribution is 2.37. The topological polar surface area (TPSA) is 56.3 Å². The van der Waals surface area contributed by atoms with Crippen molar-refractivity contribution < 1.29 is 14.3 Å². The van der Waals surface area contributed by atoms with Crippen LogP contribution >= 0.6 is 11.3 Å². The van der Waals surface area contributed by atoms with Crippen molar-refractivity contribution in [2.75, 3.05) is 0 Å². The molecule has 2 heterocycles. The number of hydrogen-bond donors (Lipinski definition) is 0. The summed E-state index contributed by atoms with van der Waals surface area (Å²) in [4.78, 5) is 31.1. The van der Waals surface area contributed by atoms with Crippen molar-refractivity contribution in [3.8, 4) is 0 Å². The quantitative estimate of drug-likeness (QED) is 0.315. The molecule has 1 aromatic rings. The third-order valence-corrected chi connectivity index (χ3v) is 8.94. The number of allylic oxidation sites excluding steroid dienone is 1. The third kappa shape index (κ3) is 7.63. The van der Waals surface area contributed by atoms with E-state index in [1.807, 2.05) is 46.1 Å². The summed E-state index contributed by atoms with van der Waals surface area (Å²) in [5, 5.41) is 3.04. The fraction of sp³-hybridized carbons (Fsp3) is 0.690. The van der Waals surface area contributed by atoms with Gasteiger partial charge in [-0.25, -0.2) is 4.98 Å². The van der Waals surface area contributed by atoms with Crippen molar-refractivity contribution in [1.82, 2.24) is 4.98 Å². The van der Waals surface area contributed by atoms with Gasteiger partial charge in [0.05, 0.1) is 10.7 Å². The molecule has 0 N–H and O–H groups in total. The smallest absolute Gasteiger partial charge is 0.306 e. The van der Waals surface area contributed by atoms with E-state index in [2.05, 4.69) is 38.8 Å². The molecule has 1 aromatic heterocycles. The molecule has 0 saturated heterocycles. The van der Waals surface area contributed by atoms with Crippen LogP contribution in [0.2, 0.25) is 0 Å². The van der Waals surface area contributed by atoms with E-state index in [1.165, 1.54) is 5.57 Å². The van der Waals surface area contributed by atoms with E-state index in [0.717, 1.165) is 35.5 Å². The molecule has 4 nitrogen and oxygen atoms in total. The third-order valence-electron chi connectivity index (χ3n) is 8.14. The fourth-order valence-electron chi connectivity index (χ4n) is 4.75. The maximum atomic E-state index is 13.5. The van der Waals surface area contributed by atoms with E-state index < -0.39 is 5.41 Å². The van der Waals surface area contributed by atoms with Gasteiger partial charge in [-0.1, -0.05) is 59.6 Å². The first kappa shape index (κ1) is 28.5. The van der Waals surface area contributed by atoms with E-state index in [9.17, 15) is 9.59 Å². The molecule has 5 heteroatoms. The Kier molecular flexibility index (Phi) is 10.3. The van der Waals surface area contributed by atoms with Crippen LogP contribution in [0.15, 0.2) is 22.6 Å². The van der Waals surface area contributed by atoms with E-state index >= 15 is 0 Å². The Morgan fingerprint density at radius 2 is 1.85 bits per heavy atom. The summed E-state index contributed by atoms with van der Waals surface area (Å²) in [7, 11) is 0. The molecule has 0 radical (unpaired) electrons. The Morgan fingerprint density at radius 1 is 1.18 bits per heavy atom. The Bertz CT molecular complexity index is 910. The van der Waals surface area contributed by atoms with Crippen molar-refractivity contribution in [3.63, 3.8) is 0 Å². The van der Waals surface area contributed by atoms with Gasteiger partial charge in [0.15, 0.2) is 0 Å². The lowest BCUT2D eigenvalue weighted by Gasteiger charge is -2.36. The SMILES string of the molecule is C/C1=C/C[C@@H](/C(C)=C/c2csc(C)n2)OC(=O)C[C@H](C)C(C)(C)C(=O)[C@H](C)[C@@H](C)[C@@H](C)CCC1. The number of thiazole rings is 1. The van der Waals surface area contributed by atoms with Crippen molar-refractivity contribution in [3.05, 3.63) is 33.3 Å². The molecule has 0 unspecified atom stereocenters. The van der Waals surface area contributed by atoms with E-state index in [1.54, 1.807) is 11.3 Å². The van der Waals surface area contributed by atoms with Crippen LogP contribution in [0, 0.1) is 36.0 Å². The zero-order valence-corrected chi connectivity index (χ0v) is 23.6. The molecular formula is C29H45NO3S. The summed E-state index contributed by atoms with van der Waals surface area (Å²) in [6.45, 7) is 18.7. The van der Waals surface area contributed by atoms with Gasteiger partial charge in [-0.05, 0) is 63.0 Å². The second kappa shape index (κ2) is 12.3. The Labute approximate surface area is 211 Å². The second-order valence-electron chi connectivity index (χ2n) is 11.2. The predicted molar refractivity (Wildman–Crippen MR) is 143 cm³/mol. The molecule has 1 aliphatic rings. The number of ether oxygens (including phenoxy) is 1. The Morgan fingerprint density at radius 3 is 2.47 bits per heavy atom. The van der Waals surface area contributed by atoms with Crippen molar-refractivity contribution in [2.45, 2.75) is 101 Å². The highest BCUT2D eigenvalue weighted by molar-refractivity contribution is 7.09. The zero-order valence-electron chi connectivity index (χ0n) is 22.7. The number of carbonyl (C=O) groups excluding carboxylic acids is 2. The number of carbonyl (C=O) groups is 2. The van der Waals surface area contributed by atoms with Gasteiger partial charge in [-0.3, -0.25) is 9.59 Å². The maximum absolute atomic E-state index is 13.5. The van der Waals surface area contributed by atoms with E-state index in [0.29, 0.717) is 18.3 Å². The number of esters is 1. The molecule has 0 fully saturated rings. The van der Waals surface area contributed by atoms with Crippen LogP contribution in [-0.4, -0.2) is 22.8 Å². The summed E-state index contributed by atoms with van der Waals surface area (Å²) in [6.07, 6.45) is 8.04. The largest absolute Gasteiger partial charge is 0.457 e. The minimum Gasteiger partial charge on any atom is -0.457 e. The summed E-state index contributed by atoms with van der Waals surface area (Å²) < 4.78 is 6.02. The lowest BCUT2D eigenvalue weighted by Crippen LogP contribution is -2.40. The minimum absolute atomic E-state index is 0.0347. The van der Waals surface area contributed by atoms with Crippen molar-refractivity contribution in [2.24, 2.45) is 29.1 Å². The number of nitrogens with zero attached hydrogens (tertiary/aromatic N) is 1. The van der Waals surface area contributed by atoms with Crippen molar-refractivity contribution in [1.29, 1.82) is 0 Å². The van der Waals surface area contributed by atoms with Crippen LogP contribution < -0.4 is 0 Å². The number of cyclic esters (lactones) is 1. The van der Waals surface area contributed by atoms with Gasteiger partial charge in [0, 0.05) is 29.6 Å². The molecule has 190 valence electrons. The van der Waals surface area contributed by atoms with Crippen LogP contribution in [0.5, 0.6) is 0 Å².